The number of oxime groups is 1. The number of allylic oxidation sites excluding steroid dienone is 5. The molecule has 1 aromatic carbocycles. The minimum atomic E-state index is -1.37. The van der Waals surface area contributed by atoms with Gasteiger partial charge in [0.1, 0.15) is 5.67 Å². The first-order chi connectivity index (χ1) is 13.5. The molecule has 28 heavy (non-hydrogen) atoms. The van der Waals surface area contributed by atoms with E-state index in [9.17, 15) is 9.18 Å². The Morgan fingerprint density at radius 3 is 2.75 bits per heavy atom. The lowest BCUT2D eigenvalue weighted by Crippen LogP contribution is -2.15. The molecule has 0 saturated carbocycles. The van der Waals surface area contributed by atoms with Crippen molar-refractivity contribution in [3.63, 3.8) is 0 Å². The molecule has 0 aromatic heterocycles. The van der Waals surface area contributed by atoms with Crippen molar-refractivity contribution in [3.8, 4) is 0 Å². The molecule has 0 spiro atoms. The summed E-state index contributed by atoms with van der Waals surface area (Å²) in [5.74, 6) is 0.209. The van der Waals surface area contributed by atoms with Crippen molar-refractivity contribution in [1.29, 1.82) is 0 Å². The summed E-state index contributed by atoms with van der Waals surface area (Å²) in [6, 6.07) is 7.04. The molecule has 1 unspecified atom stereocenters. The monoisotopic (exact) mass is 385 g/mol. The largest absolute Gasteiger partial charge is 0.462 e. The molecule has 3 rings (SSSR count). The maximum absolute atomic E-state index is 14.4. The lowest BCUT2D eigenvalue weighted by Gasteiger charge is -2.17. The molecule has 1 aromatic rings. The number of ether oxygens (including phenoxy) is 1. The van der Waals surface area contributed by atoms with E-state index in [1.807, 2.05) is 38.1 Å². The molecule has 1 atom stereocenters. The number of carbonyl (C=O) groups is 1. The molecule has 1 heterocycles. The number of alkyl halides is 1. The standard InChI is InChI=1S/C21H22FNO3.C2H6/c1-3-25-20(24)16-9-6-8-15(13-16)19-11-10-18(23-26-19)17-7-4-5-12-21(2,22)14-17;1-2/h4-6,8-9,11,13-14H,3,7,10,12H2,1-2H3;1-2H3. The van der Waals surface area contributed by atoms with Crippen LogP contribution in [0.25, 0.3) is 5.76 Å². The van der Waals surface area contributed by atoms with Crippen LogP contribution in [0.4, 0.5) is 4.39 Å². The first-order valence-electron chi connectivity index (χ1n) is 9.76. The predicted molar refractivity (Wildman–Crippen MR) is 111 cm³/mol. The second-order valence-electron chi connectivity index (χ2n) is 6.53. The highest BCUT2D eigenvalue weighted by molar-refractivity contribution is 6.02. The van der Waals surface area contributed by atoms with Gasteiger partial charge in [0, 0.05) is 18.4 Å². The van der Waals surface area contributed by atoms with Gasteiger partial charge in [-0.25, -0.2) is 9.18 Å². The number of hydrogen-bond donors (Lipinski definition) is 0. The molecule has 4 nitrogen and oxygen atoms in total. The number of carbonyl (C=O) groups excluding carboxylic acids is 1. The van der Waals surface area contributed by atoms with Gasteiger partial charge in [-0.3, -0.25) is 0 Å². The summed E-state index contributed by atoms with van der Waals surface area (Å²) in [5, 5.41) is 4.19. The fourth-order valence-corrected chi connectivity index (χ4v) is 2.95. The third-order valence-corrected chi connectivity index (χ3v) is 4.26. The summed E-state index contributed by atoms with van der Waals surface area (Å²) in [7, 11) is 0. The topological polar surface area (TPSA) is 47.9 Å². The minimum Gasteiger partial charge on any atom is -0.462 e. The Hall–Kier alpha value is -2.69. The van der Waals surface area contributed by atoms with E-state index in [0.717, 1.165) is 16.8 Å². The van der Waals surface area contributed by atoms with Gasteiger partial charge in [-0.05, 0) is 50.1 Å². The zero-order chi connectivity index (χ0) is 20.6. The van der Waals surface area contributed by atoms with E-state index in [1.54, 1.807) is 38.1 Å². The molecule has 2 aliphatic rings. The minimum absolute atomic E-state index is 0.326. The Morgan fingerprint density at radius 2 is 2.07 bits per heavy atom. The summed E-state index contributed by atoms with van der Waals surface area (Å²) in [4.78, 5) is 17.4. The number of nitrogens with zero attached hydrogens (tertiary/aromatic N) is 1. The smallest absolute Gasteiger partial charge is 0.338 e. The van der Waals surface area contributed by atoms with Crippen molar-refractivity contribution in [2.24, 2.45) is 5.16 Å². The first kappa shape index (κ1) is 21.6. The summed E-state index contributed by atoms with van der Waals surface area (Å²) >= 11 is 0. The molecular weight excluding hydrogens is 357 g/mol. The van der Waals surface area contributed by atoms with Crippen molar-refractivity contribution in [2.45, 2.75) is 52.6 Å². The van der Waals surface area contributed by atoms with Crippen LogP contribution in [-0.4, -0.2) is 24.0 Å². The Labute approximate surface area is 166 Å². The van der Waals surface area contributed by atoms with E-state index in [-0.39, 0.29) is 5.97 Å². The fourth-order valence-electron chi connectivity index (χ4n) is 2.95. The molecule has 5 heteroatoms. The summed E-state index contributed by atoms with van der Waals surface area (Å²) in [6.45, 7) is 7.66. The average Bonchev–Trinajstić information content (AvgIpc) is 2.90. The summed E-state index contributed by atoms with van der Waals surface area (Å²) < 4.78 is 19.4. The van der Waals surface area contributed by atoms with E-state index >= 15 is 0 Å². The number of benzene rings is 1. The lowest BCUT2D eigenvalue weighted by atomic mass is 9.97. The van der Waals surface area contributed by atoms with Crippen LogP contribution in [0.2, 0.25) is 0 Å². The molecule has 0 radical (unpaired) electrons. The Balaban J connectivity index is 0.00000136. The van der Waals surface area contributed by atoms with Crippen LogP contribution < -0.4 is 0 Å². The van der Waals surface area contributed by atoms with Crippen molar-refractivity contribution < 1.29 is 18.8 Å². The van der Waals surface area contributed by atoms with Gasteiger partial charge in [0.15, 0.2) is 5.76 Å². The quantitative estimate of drug-likeness (QED) is 0.471. The summed E-state index contributed by atoms with van der Waals surface area (Å²) in [6.07, 6.45) is 8.91. The number of halogens is 1. The third kappa shape index (κ3) is 5.65. The van der Waals surface area contributed by atoms with Gasteiger partial charge < -0.3 is 9.57 Å². The molecule has 150 valence electrons. The van der Waals surface area contributed by atoms with E-state index in [4.69, 9.17) is 9.57 Å². The van der Waals surface area contributed by atoms with E-state index in [0.29, 0.717) is 37.2 Å². The van der Waals surface area contributed by atoms with Crippen LogP contribution in [0.15, 0.2) is 59.3 Å². The Kier molecular flexibility index (Phi) is 7.73. The molecular formula is C23H28FNO3. The molecule has 0 N–H and O–H groups in total. The highest BCUT2D eigenvalue weighted by atomic mass is 19.1. The van der Waals surface area contributed by atoms with Crippen molar-refractivity contribution >= 4 is 17.4 Å². The fraction of sp³-hybridized carbons (Fsp3) is 0.391. The molecule has 0 fully saturated rings. The zero-order valence-corrected chi connectivity index (χ0v) is 17.0. The van der Waals surface area contributed by atoms with Crippen LogP contribution in [0.1, 0.15) is 62.9 Å². The molecule has 0 amide bonds. The maximum atomic E-state index is 14.4. The van der Waals surface area contributed by atoms with Crippen LogP contribution in [-0.2, 0) is 9.57 Å². The van der Waals surface area contributed by atoms with Crippen LogP contribution in [0, 0.1) is 0 Å². The highest BCUT2D eigenvalue weighted by Crippen LogP contribution is 2.29. The molecule has 0 saturated heterocycles. The van der Waals surface area contributed by atoms with Gasteiger partial charge >= 0.3 is 5.97 Å². The van der Waals surface area contributed by atoms with E-state index < -0.39 is 5.67 Å². The SMILES string of the molecule is CC.CCOC(=O)c1cccc(C2=CCC(C3=CC(C)(F)CC=CC3)=NO2)c1. The predicted octanol–water partition coefficient (Wildman–Crippen LogP) is 6.01. The average molecular weight is 385 g/mol. The maximum Gasteiger partial charge on any atom is 0.338 e. The van der Waals surface area contributed by atoms with Gasteiger partial charge in [0.25, 0.3) is 0 Å². The van der Waals surface area contributed by atoms with E-state index in [2.05, 4.69) is 5.16 Å². The normalized spacial score (nSPS) is 21.1. The third-order valence-electron chi connectivity index (χ3n) is 4.26. The molecule has 0 bridgehead atoms. The highest BCUT2D eigenvalue weighted by Gasteiger charge is 2.24. The number of esters is 1. The van der Waals surface area contributed by atoms with Crippen LogP contribution in [0.5, 0.6) is 0 Å². The first-order valence-corrected chi connectivity index (χ1v) is 9.76. The molecule has 1 aliphatic heterocycles. The second-order valence-corrected chi connectivity index (χ2v) is 6.53. The number of hydrogen-bond acceptors (Lipinski definition) is 4. The number of rotatable bonds is 4. The van der Waals surface area contributed by atoms with Gasteiger partial charge in [-0.1, -0.05) is 43.3 Å². The van der Waals surface area contributed by atoms with Gasteiger partial charge in [0.2, 0.25) is 0 Å². The van der Waals surface area contributed by atoms with Crippen molar-refractivity contribution in [2.75, 3.05) is 6.61 Å². The van der Waals surface area contributed by atoms with Gasteiger partial charge in [0.05, 0.1) is 17.9 Å². The van der Waals surface area contributed by atoms with Crippen LogP contribution >= 0.6 is 0 Å². The van der Waals surface area contributed by atoms with Gasteiger partial charge in [-0.15, -0.1) is 0 Å². The van der Waals surface area contributed by atoms with Gasteiger partial charge in [-0.2, -0.15) is 0 Å². The van der Waals surface area contributed by atoms with E-state index in [1.165, 1.54) is 0 Å². The Morgan fingerprint density at radius 1 is 1.29 bits per heavy atom. The van der Waals surface area contributed by atoms with Crippen molar-refractivity contribution in [1.82, 2.24) is 0 Å². The van der Waals surface area contributed by atoms with Crippen molar-refractivity contribution in [3.05, 3.63) is 65.3 Å². The summed E-state index contributed by atoms with van der Waals surface area (Å²) in [5.41, 5.74) is 1.42. The lowest BCUT2D eigenvalue weighted by molar-refractivity contribution is 0.0526. The molecule has 1 aliphatic carbocycles. The second kappa shape index (κ2) is 10.0. The Bertz CT molecular complexity index is 819. The zero-order valence-electron chi connectivity index (χ0n) is 17.0. The van der Waals surface area contributed by atoms with Crippen LogP contribution in [0.3, 0.4) is 0 Å².